The molecule has 1 unspecified atom stereocenters. The molecule has 7 heteroatoms. The zero-order valence-electron chi connectivity index (χ0n) is 18.1. The molecule has 1 atom stereocenters. The average molecular weight is 431 g/mol. The fourth-order valence-corrected chi connectivity index (χ4v) is 4.44. The summed E-state index contributed by atoms with van der Waals surface area (Å²) < 4.78 is 12.9. The topological polar surface area (TPSA) is 72.8 Å². The van der Waals surface area contributed by atoms with E-state index in [4.69, 9.17) is 9.47 Å². The van der Waals surface area contributed by atoms with E-state index in [1.807, 2.05) is 42.5 Å². The number of hydrogen-bond donors (Lipinski definition) is 1. The second kappa shape index (κ2) is 8.07. The van der Waals surface area contributed by atoms with Crippen LogP contribution in [-0.2, 0) is 16.1 Å². The molecule has 0 aliphatic carbocycles. The molecule has 5 rings (SSSR count). The molecule has 0 saturated carbocycles. The number of carbonyl (C=O) groups excluding carboxylic acids is 2. The predicted molar refractivity (Wildman–Crippen MR) is 120 cm³/mol. The molecule has 0 spiro atoms. The van der Waals surface area contributed by atoms with Crippen molar-refractivity contribution in [2.45, 2.75) is 39.3 Å². The molecule has 3 heterocycles. The highest BCUT2D eigenvalue weighted by molar-refractivity contribution is 5.99. The monoisotopic (exact) mass is 431 g/mol. The summed E-state index contributed by atoms with van der Waals surface area (Å²) in [6, 6.07) is 17.0. The van der Waals surface area contributed by atoms with Crippen molar-refractivity contribution in [1.82, 2.24) is 9.47 Å². The highest BCUT2D eigenvalue weighted by Crippen LogP contribution is 2.33. The molecule has 0 radical (unpaired) electrons. The zero-order valence-corrected chi connectivity index (χ0v) is 18.1. The molecule has 1 N–H and O–H groups in total. The lowest BCUT2D eigenvalue weighted by molar-refractivity contribution is -0.133. The van der Waals surface area contributed by atoms with E-state index in [1.54, 1.807) is 4.90 Å². The fraction of sp³-hybridized carbons (Fsp3) is 0.280. The van der Waals surface area contributed by atoms with Crippen LogP contribution in [0, 0.1) is 13.8 Å². The maximum absolute atomic E-state index is 13.0. The molecule has 164 valence electrons. The van der Waals surface area contributed by atoms with E-state index in [1.165, 1.54) is 0 Å². The van der Waals surface area contributed by atoms with Crippen LogP contribution in [-0.4, -0.2) is 34.1 Å². The SMILES string of the molecule is Cc1ccc(C)n1-c1ccc(NC(=O)C2CCC(=O)N2Cc2ccc3c(c2)OCO3)cc1. The van der Waals surface area contributed by atoms with E-state index in [2.05, 4.69) is 35.9 Å². The van der Waals surface area contributed by atoms with Gasteiger partial charge in [-0.25, -0.2) is 0 Å². The van der Waals surface area contributed by atoms with E-state index < -0.39 is 6.04 Å². The van der Waals surface area contributed by atoms with E-state index in [9.17, 15) is 9.59 Å². The number of amides is 2. The third-order valence-corrected chi connectivity index (χ3v) is 6.08. The smallest absolute Gasteiger partial charge is 0.247 e. The maximum atomic E-state index is 13.0. The predicted octanol–water partition coefficient (Wildman–Crippen LogP) is 3.95. The van der Waals surface area contributed by atoms with Gasteiger partial charge in [-0.15, -0.1) is 0 Å². The molecule has 1 fully saturated rings. The molecule has 1 saturated heterocycles. The Kier molecular flexibility index (Phi) is 5.09. The Hall–Kier alpha value is -3.74. The molecule has 2 aliphatic rings. The Balaban J connectivity index is 1.28. The first-order valence-electron chi connectivity index (χ1n) is 10.7. The fourth-order valence-electron chi connectivity index (χ4n) is 4.44. The Bertz CT molecular complexity index is 1160. The van der Waals surface area contributed by atoms with E-state index in [0.717, 1.165) is 22.6 Å². The molecule has 2 aliphatic heterocycles. The van der Waals surface area contributed by atoms with Crippen LogP contribution in [0.15, 0.2) is 54.6 Å². The minimum absolute atomic E-state index is 0.0169. The molecule has 1 aromatic heterocycles. The van der Waals surface area contributed by atoms with E-state index in [-0.39, 0.29) is 18.6 Å². The second-order valence-corrected chi connectivity index (χ2v) is 8.25. The average Bonchev–Trinajstić information content (AvgIpc) is 3.48. The lowest BCUT2D eigenvalue weighted by Gasteiger charge is -2.24. The van der Waals surface area contributed by atoms with Crippen LogP contribution in [0.25, 0.3) is 5.69 Å². The van der Waals surface area contributed by atoms with Crippen molar-refractivity contribution in [3.8, 4) is 17.2 Å². The van der Waals surface area contributed by atoms with Crippen LogP contribution < -0.4 is 14.8 Å². The molecule has 7 nitrogen and oxygen atoms in total. The molecule has 3 aromatic rings. The summed E-state index contributed by atoms with van der Waals surface area (Å²) in [5.41, 5.74) is 4.97. The molecule has 2 aromatic carbocycles. The Morgan fingerprint density at radius 1 is 1.00 bits per heavy atom. The Labute approximate surface area is 186 Å². The van der Waals surface area contributed by atoms with Gasteiger partial charge in [-0.2, -0.15) is 0 Å². The van der Waals surface area contributed by atoms with Crippen molar-refractivity contribution in [1.29, 1.82) is 0 Å². The zero-order chi connectivity index (χ0) is 22.2. The van der Waals surface area contributed by atoms with E-state index in [0.29, 0.717) is 36.6 Å². The van der Waals surface area contributed by atoms with Gasteiger partial charge >= 0.3 is 0 Å². The van der Waals surface area contributed by atoms with Gasteiger partial charge in [0.15, 0.2) is 11.5 Å². The van der Waals surface area contributed by atoms with Crippen molar-refractivity contribution in [2.24, 2.45) is 0 Å². The third-order valence-electron chi connectivity index (χ3n) is 6.08. The standard InChI is InChI=1S/C25H25N3O4/c1-16-3-4-17(2)28(16)20-8-6-19(7-9-20)26-25(30)21-10-12-24(29)27(21)14-18-5-11-22-23(13-18)32-15-31-22/h3-9,11,13,21H,10,12,14-15H2,1-2H3,(H,26,30). The molecule has 32 heavy (non-hydrogen) atoms. The van der Waals surface area contributed by atoms with Crippen molar-refractivity contribution in [2.75, 3.05) is 12.1 Å². The highest BCUT2D eigenvalue weighted by atomic mass is 16.7. The number of carbonyl (C=O) groups is 2. The lowest BCUT2D eigenvalue weighted by atomic mass is 10.1. The Morgan fingerprint density at radius 3 is 2.47 bits per heavy atom. The van der Waals surface area contributed by atoms with Gasteiger partial charge in [-0.3, -0.25) is 9.59 Å². The van der Waals surface area contributed by atoms with Crippen LogP contribution in [0.2, 0.25) is 0 Å². The number of benzene rings is 2. The first-order chi connectivity index (χ1) is 15.5. The van der Waals surface area contributed by atoms with Crippen LogP contribution in [0.3, 0.4) is 0 Å². The minimum atomic E-state index is -0.499. The van der Waals surface area contributed by atoms with Gasteiger partial charge in [0, 0.05) is 35.7 Å². The number of anilines is 1. The van der Waals surface area contributed by atoms with Gasteiger partial charge in [0.25, 0.3) is 0 Å². The highest BCUT2D eigenvalue weighted by Gasteiger charge is 2.36. The summed E-state index contributed by atoms with van der Waals surface area (Å²) in [7, 11) is 0. The van der Waals surface area contributed by atoms with Gasteiger partial charge in [-0.1, -0.05) is 6.07 Å². The Morgan fingerprint density at radius 2 is 1.72 bits per heavy atom. The van der Waals surface area contributed by atoms with Gasteiger partial charge in [-0.05, 0) is 74.4 Å². The van der Waals surface area contributed by atoms with Crippen molar-refractivity contribution >= 4 is 17.5 Å². The van der Waals surface area contributed by atoms with Gasteiger partial charge in [0.2, 0.25) is 18.6 Å². The number of aryl methyl sites for hydroxylation is 2. The number of ether oxygens (including phenoxy) is 2. The maximum Gasteiger partial charge on any atom is 0.247 e. The third kappa shape index (κ3) is 3.70. The minimum Gasteiger partial charge on any atom is -0.454 e. The van der Waals surface area contributed by atoms with Crippen LogP contribution >= 0.6 is 0 Å². The summed E-state index contributed by atoms with van der Waals surface area (Å²) in [4.78, 5) is 27.2. The van der Waals surface area contributed by atoms with Crippen LogP contribution in [0.4, 0.5) is 5.69 Å². The van der Waals surface area contributed by atoms with Gasteiger partial charge in [0.05, 0.1) is 0 Å². The summed E-state index contributed by atoms with van der Waals surface area (Å²) in [5, 5.41) is 2.98. The van der Waals surface area contributed by atoms with Crippen molar-refractivity contribution < 1.29 is 19.1 Å². The number of nitrogens with zero attached hydrogens (tertiary/aromatic N) is 2. The van der Waals surface area contributed by atoms with E-state index >= 15 is 0 Å². The molecule has 0 bridgehead atoms. The van der Waals surface area contributed by atoms with Crippen molar-refractivity contribution in [3.63, 3.8) is 0 Å². The van der Waals surface area contributed by atoms with Gasteiger partial charge in [0.1, 0.15) is 6.04 Å². The number of rotatable bonds is 5. The number of aromatic nitrogens is 1. The van der Waals surface area contributed by atoms with Gasteiger partial charge < -0.3 is 24.3 Å². The molecular formula is C25H25N3O4. The summed E-state index contributed by atoms with van der Waals surface area (Å²) in [6.07, 6.45) is 0.878. The number of nitrogens with one attached hydrogen (secondary N) is 1. The number of fused-ring (bicyclic) bond motifs is 1. The van der Waals surface area contributed by atoms with Crippen molar-refractivity contribution in [3.05, 3.63) is 71.5 Å². The number of hydrogen-bond acceptors (Lipinski definition) is 4. The first-order valence-corrected chi connectivity index (χ1v) is 10.7. The molecular weight excluding hydrogens is 406 g/mol. The summed E-state index contributed by atoms with van der Waals surface area (Å²) in [5.74, 6) is 1.18. The van der Waals surface area contributed by atoms with Crippen LogP contribution in [0.5, 0.6) is 11.5 Å². The lowest BCUT2D eigenvalue weighted by Crippen LogP contribution is -2.41. The largest absolute Gasteiger partial charge is 0.454 e. The quantitative estimate of drug-likeness (QED) is 0.664. The summed E-state index contributed by atoms with van der Waals surface area (Å²) in [6.45, 7) is 4.69. The van der Waals surface area contributed by atoms with Crippen LogP contribution in [0.1, 0.15) is 29.8 Å². The normalized spacial score (nSPS) is 17.1. The number of likely N-dealkylation sites (tertiary alicyclic amines) is 1. The second-order valence-electron chi connectivity index (χ2n) is 8.25. The summed E-state index contributed by atoms with van der Waals surface area (Å²) >= 11 is 0. The first kappa shape index (κ1) is 20.2. The molecule has 2 amide bonds.